The van der Waals surface area contributed by atoms with Gasteiger partial charge in [-0.15, -0.1) is 0 Å². The maximum atomic E-state index is 10.8. The van der Waals surface area contributed by atoms with Gasteiger partial charge in [0.05, 0.1) is 0 Å². The van der Waals surface area contributed by atoms with E-state index in [9.17, 15) is 4.79 Å². The van der Waals surface area contributed by atoms with Crippen molar-refractivity contribution in [2.45, 2.75) is 25.8 Å². The van der Waals surface area contributed by atoms with Crippen LogP contribution in [-0.2, 0) is 4.79 Å². The number of hydrogen-bond acceptors (Lipinski definition) is 2. The van der Waals surface area contributed by atoms with Crippen LogP contribution in [0.15, 0.2) is 0 Å². The van der Waals surface area contributed by atoms with Gasteiger partial charge in [0.15, 0.2) is 0 Å². The molecule has 0 aromatic rings. The Labute approximate surface area is 62.2 Å². The lowest BCUT2D eigenvalue weighted by atomic mass is 10.0. The van der Waals surface area contributed by atoms with Crippen LogP contribution in [0, 0.1) is 0 Å². The van der Waals surface area contributed by atoms with Gasteiger partial charge in [0, 0.05) is 19.0 Å². The molecule has 0 aliphatic heterocycles. The summed E-state index contributed by atoms with van der Waals surface area (Å²) in [6, 6.07) is 0. The zero-order chi connectivity index (χ0) is 8.20. The lowest BCUT2D eigenvalue weighted by Gasteiger charge is -2.22. The molecule has 0 saturated heterocycles. The van der Waals surface area contributed by atoms with E-state index in [1.165, 1.54) is 0 Å². The molecule has 0 saturated carbocycles. The highest BCUT2D eigenvalue weighted by Gasteiger charge is 2.17. The van der Waals surface area contributed by atoms with Gasteiger partial charge in [-0.05, 0) is 20.9 Å². The lowest BCUT2D eigenvalue weighted by Crippen LogP contribution is -2.40. The van der Waals surface area contributed by atoms with Gasteiger partial charge in [-0.2, -0.15) is 0 Å². The standard InChI is InChI=1S/C7H16N2O/c1-7(2,9-4)5-6(10)8-3/h9H,5H2,1-4H3,(H,8,10). The first-order valence-electron chi connectivity index (χ1n) is 3.41. The molecule has 1 amide bonds. The van der Waals surface area contributed by atoms with Crippen molar-refractivity contribution in [2.75, 3.05) is 14.1 Å². The Bertz CT molecular complexity index is 121. The Morgan fingerprint density at radius 2 is 1.90 bits per heavy atom. The summed E-state index contributed by atoms with van der Waals surface area (Å²) in [6.07, 6.45) is 0.514. The van der Waals surface area contributed by atoms with Crippen molar-refractivity contribution < 1.29 is 4.79 Å². The molecule has 0 spiro atoms. The number of rotatable bonds is 3. The van der Waals surface area contributed by atoms with E-state index in [0.29, 0.717) is 6.42 Å². The molecule has 3 nitrogen and oxygen atoms in total. The van der Waals surface area contributed by atoms with E-state index in [1.54, 1.807) is 7.05 Å². The lowest BCUT2D eigenvalue weighted by molar-refractivity contribution is -0.121. The van der Waals surface area contributed by atoms with Gasteiger partial charge in [-0.25, -0.2) is 0 Å². The van der Waals surface area contributed by atoms with E-state index in [1.807, 2.05) is 20.9 Å². The van der Waals surface area contributed by atoms with Crippen LogP contribution in [0.3, 0.4) is 0 Å². The Hall–Kier alpha value is -0.570. The van der Waals surface area contributed by atoms with Crippen molar-refractivity contribution in [2.24, 2.45) is 0 Å². The summed E-state index contributed by atoms with van der Waals surface area (Å²) in [5.41, 5.74) is -0.0971. The second kappa shape index (κ2) is 3.56. The number of amides is 1. The van der Waals surface area contributed by atoms with Crippen LogP contribution >= 0.6 is 0 Å². The molecule has 10 heavy (non-hydrogen) atoms. The van der Waals surface area contributed by atoms with Crippen LogP contribution < -0.4 is 10.6 Å². The number of hydrogen-bond donors (Lipinski definition) is 2. The number of carbonyl (C=O) groups is 1. The molecule has 0 fully saturated rings. The molecule has 0 aliphatic carbocycles. The van der Waals surface area contributed by atoms with Crippen molar-refractivity contribution in [3.8, 4) is 0 Å². The van der Waals surface area contributed by atoms with Crippen LogP contribution in [0.4, 0.5) is 0 Å². The third-order valence-electron chi connectivity index (χ3n) is 1.56. The SMILES string of the molecule is CNC(=O)CC(C)(C)NC. The predicted molar refractivity (Wildman–Crippen MR) is 41.8 cm³/mol. The average molecular weight is 144 g/mol. The molecule has 3 heteroatoms. The molecule has 0 bridgehead atoms. The summed E-state index contributed by atoms with van der Waals surface area (Å²) in [7, 11) is 3.50. The van der Waals surface area contributed by atoms with Gasteiger partial charge in [0.25, 0.3) is 0 Å². The van der Waals surface area contributed by atoms with Crippen LogP contribution in [-0.4, -0.2) is 25.5 Å². The highest BCUT2D eigenvalue weighted by atomic mass is 16.1. The monoisotopic (exact) mass is 144 g/mol. The van der Waals surface area contributed by atoms with Crippen LogP contribution in [0.1, 0.15) is 20.3 Å². The summed E-state index contributed by atoms with van der Waals surface area (Å²) in [5, 5.41) is 5.62. The van der Waals surface area contributed by atoms with Gasteiger partial charge < -0.3 is 10.6 Å². The van der Waals surface area contributed by atoms with Gasteiger partial charge in [-0.1, -0.05) is 0 Å². The summed E-state index contributed by atoms with van der Waals surface area (Å²) >= 11 is 0. The molecular formula is C7H16N2O. The van der Waals surface area contributed by atoms with Gasteiger partial charge in [-0.3, -0.25) is 4.79 Å². The minimum absolute atomic E-state index is 0.0688. The minimum atomic E-state index is -0.0971. The van der Waals surface area contributed by atoms with Crippen molar-refractivity contribution in [1.29, 1.82) is 0 Å². The van der Waals surface area contributed by atoms with Crippen molar-refractivity contribution in [3.05, 3.63) is 0 Å². The summed E-state index contributed by atoms with van der Waals surface area (Å²) < 4.78 is 0. The quantitative estimate of drug-likeness (QED) is 0.590. The molecular weight excluding hydrogens is 128 g/mol. The minimum Gasteiger partial charge on any atom is -0.359 e. The highest BCUT2D eigenvalue weighted by Crippen LogP contribution is 2.05. The van der Waals surface area contributed by atoms with E-state index in [-0.39, 0.29) is 11.4 Å². The zero-order valence-electron chi connectivity index (χ0n) is 7.12. The van der Waals surface area contributed by atoms with Gasteiger partial charge >= 0.3 is 0 Å². The van der Waals surface area contributed by atoms with Crippen molar-refractivity contribution >= 4 is 5.91 Å². The fourth-order valence-electron chi connectivity index (χ4n) is 0.578. The Balaban J connectivity index is 3.76. The molecule has 0 aromatic heterocycles. The summed E-state index contributed by atoms with van der Waals surface area (Å²) in [4.78, 5) is 10.8. The molecule has 0 heterocycles. The van der Waals surface area contributed by atoms with Crippen molar-refractivity contribution in [1.82, 2.24) is 10.6 Å². The molecule has 0 atom stereocenters. The second-order valence-electron chi connectivity index (χ2n) is 2.98. The molecule has 0 radical (unpaired) electrons. The molecule has 0 rings (SSSR count). The average Bonchev–Trinajstić information content (AvgIpc) is 1.87. The smallest absolute Gasteiger partial charge is 0.221 e. The maximum absolute atomic E-state index is 10.8. The maximum Gasteiger partial charge on any atom is 0.221 e. The van der Waals surface area contributed by atoms with Crippen molar-refractivity contribution in [3.63, 3.8) is 0 Å². The summed E-state index contributed by atoms with van der Waals surface area (Å²) in [6.45, 7) is 3.98. The Kier molecular flexibility index (Phi) is 3.36. The zero-order valence-corrected chi connectivity index (χ0v) is 7.12. The fourth-order valence-corrected chi connectivity index (χ4v) is 0.578. The number of carbonyl (C=O) groups excluding carboxylic acids is 1. The topological polar surface area (TPSA) is 41.1 Å². The first-order chi connectivity index (χ1) is 4.52. The van der Waals surface area contributed by atoms with E-state index in [4.69, 9.17) is 0 Å². The van der Waals surface area contributed by atoms with E-state index < -0.39 is 0 Å². The van der Waals surface area contributed by atoms with Crippen LogP contribution in [0.5, 0.6) is 0 Å². The van der Waals surface area contributed by atoms with Gasteiger partial charge in [0.1, 0.15) is 0 Å². The van der Waals surface area contributed by atoms with Crippen LogP contribution in [0.2, 0.25) is 0 Å². The Morgan fingerprint density at radius 3 is 2.20 bits per heavy atom. The third kappa shape index (κ3) is 3.45. The summed E-state index contributed by atoms with van der Waals surface area (Å²) in [5.74, 6) is 0.0688. The highest BCUT2D eigenvalue weighted by molar-refractivity contribution is 5.76. The largest absolute Gasteiger partial charge is 0.359 e. The molecule has 0 aromatic carbocycles. The van der Waals surface area contributed by atoms with Gasteiger partial charge in [0.2, 0.25) is 5.91 Å². The molecule has 0 unspecified atom stereocenters. The van der Waals surface area contributed by atoms with E-state index >= 15 is 0 Å². The first kappa shape index (κ1) is 9.43. The van der Waals surface area contributed by atoms with E-state index in [2.05, 4.69) is 10.6 Å². The molecule has 60 valence electrons. The Morgan fingerprint density at radius 1 is 1.40 bits per heavy atom. The fraction of sp³-hybridized carbons (Fsp3) is 0.857. The normalized spacial score (nSPS) is 11.2. The van der Waals surface area contributed by atoms with E-state index in [0.717, 1.165) is 0 Å². The third-order valence-corrected chi connectivity index (χ3v) is 1.56. The number of nitrogens with one attached hydrogen (secondary N) is 2. The predicted octanol–water partition coefficient (Wildman–Crippen LogP) is 0.120. The second-order valence-corrected chi connectivity index (χ2v) is 2.98. The first-order valence-corrected chi connectivity index (χ1v) is 3.41. The van der Waals surface area contributed by atoms with Crippen LogP contribution in [0.25, 0.3) is 0 Å². The molecule has 0 aliphatic rings. The molecule has 2 N–H and O–H groups in total.